The molecule has 0 aliphatic carbocycles. The molecule has 1 N–H and O–H groups in total. The average molecular weight is 371 g/mol. The molecule has 0 bridgehead atoms. The van der Waals surface area contributed by atoms with Gasteiger partial charge in [0.1, 0.15) is 0 Å². The van der Waals surface area contributed by atoms with Gasteiger partial charge in [0.05, 0.1) is 18.8 Å². The molecular weight excluding hydrogens is 346 g/mol. The molecule has 6 nitrogen and oxygen atoms in total. The first-order chi connectivity index (χ1) is 12.9. The van der Waals surface area contributed by atoms with Gasteiger partial charge < -0.3 is 19.5 Å². The van der Waals surface area contributed by atoms with E-state index < -0.39 is 18.0 Å². The lowest BCUT2D eigenvalue weighted by molar-refractivity contribution is -0.123. The normalized spacial score (nSPS) is 11.4. The Bertz CT molecular complexity index is 786. The van der Waals surface area contributed by atoms with Crippen molar-refractivity contribution in [1.29, 1.82) is 0 Å². The van der Waals surface area contributed by atoms with Crippen molar-refractivity contribution in [2.45, 2.75) is 33.8 Å². The summed E-state index contributed by atoms with van der Waals surface area (Å²) >= 11 is 0. The number of carbonyl (C=O) groups is 2. The molecule has 0 aliphatic heterocycles. The monoisotopic (exact) mass is 371 g/mol. The summed E-state index contributed by atoms with van der Waals surface area (Å²) in [5, 5.41) is 2.72. The Morgan fingerprint density at radius 2 is 1.59 bits per heavy atom. The standard InChI is InChI=1S/C21H25NO5/c1-5-25-18-12-9-16(13-19(18)26-6-2)21(24)27-15(4)20(23)22-17-10-7-14(3)8-11-17/h7-13,15H,5-6H2,1-4H3,(H,22,23)/t15-/m1/s1. The SMILES string of the molecule is CCOc1ccc(C(=O)O[C@H](C)C(=O)Nc2ccc(C)cc2)cc1OCC. The molecule has 144 valence electrons. The second-order valence-electron chi connectivity index (χ2n) is 5.93. The van der Waals surface area contributed by atoms with Crippen LogP contribution < -0.4 is 14.8 Å². The highest BCUT2D eigenvalue weighted by Crippen LogP contribution is 2.29. The van der Waals surface area contributed by atoms with Crippen molar-refractivity contribution in [3.8, 4) is 11.5 Å². The van der Waals surface area contributed by atoms with E-state index in [0.29, 0.717) is 30.4 Å². The topological polar surface area (TPSA) is 73.9 Å². The van der Waals surface area contributed by atoms with E-state index in [1.54, 1.807) is 30.3 Å². The molecule has 0 saturated carbocycles. The number of hydrogen-bond acceptors (Lipinski definition) is 5. The minimum Gasteiger partial charge on any atom is -0.490 e. The summed E-state index contributed by atoms with van der Waals surface area (Å²) in [6.07, 6.45) is -0.944. The molecule has 0 spiro atoms. The Hall–Kier alpha value is -3.02. The smallest absolute Gasteiger partial charge is 0.339 e. The maximum atomic E-state index is 12.4. The molecule has 0 radical (unpaired) electrons. The van der Waals surface area contributed by atoms with Gasteiger partial charge in [-0.3, -0.25) is 4.79 Å². The summed E-state index contributed by atoms with van der Waals surface area (Å²) < 4.78 is 16.3. The summed E-state index contributed by atoms with van der Waals surface area (Å²) in [6, 6.07) is 12.2. The van der Waals surface area contributed by atoms with Crippen LogP contribution >= 0.6 is 0 Å². The minimum atomic E-state index is -0.944. The Kier molecular flexibility index (Phi) is 7.23. The van der Waals surface area contributed by atoms with Gasteiger partial charge in [0, 0.05) is 5.69 Å². The highest BCUT2D eigenvalue weighted by molar-refractivity contribution is 5.97. The number of aryl methyl sites for hydroxylation is 1. The lowest BCUT2D eigenvalue weighted by Crippen LogP contribution is -2.30. The quantitative estimate of drug-likeness (QED) is 0.711. The van der Waals surface area contributed by atoms with Gasteiger partial charge in [-0.15, -0.1) is 0 Å². The third-order valence-corrected chi connectivity index (χ3v) is 3.75. The Labute approximate surface area is 159 Å². The number of rotatable bonds is 8. The molecule has 0 aliphatic rings. The molecule has 2 rings (SSSR count). The summed E-state index contributed by atoms with van der Waals surface area (Å²) in [5.74, 6) is 0.0142. The van der Waals surface area contributed by atoms with Crippen LogP contribution in [0.15, 0.2) is 42.5 Å². The van der Waals surface area contributed by atoms with E-state index in [0.717, 1.165) is 5.56 Å². The zero-order chi connectivity index (χ0) is 19.8. The number of esters is 1. The molecule has 0 unspecified atom stereocenters. The predicted octanol–water partition coefficient (Wildman–Crippen LogP) is 3.98. The molecule has 0 aromatic heterocycles. The van der Waals surface area contributed by atoms with Gasteiger partial charge in [0.25, 0.3) is 5.91 Å². The fourth-order valence-electron chi connectivity index (χ4n) is 2.34. The maximum Gasteiger partial charge on any atom is 0.339 e. The lowest BCUT2D eigenvalue weighted by Gasteiger charge is -2.15. The van der Waals surface area contributed by atoms with Gasteiger partial charge >= 0.3 is 5.97 Å². The molecular formula is C21H25NO5. The second-order valence-corrected chi connectivity index (χ2v) is 5.93. The fraction of sp³-hybridized carbons (Fsp3) is 0.333. The summed E-state index contributed by atoms with van der Waals surface area (Å²) in [6.45, 7) is 8.13. The van der Waals surface area contributed by atoms with Gasteiger partial charge in [-0.05, 0) is 58.0 Å². The molecule has 27 heavy (non-hydrogen) atoms. The summed E-state index contributed by atoms with van der Waals surface area (Å²) in [7, 11) is 0. The van der Waals surface area contributed by atoms with Crippen molar-refractivity contribution >= 4 is 17.6 Å². The second kappa shape index (κ2) is 9.62. The first-order valence-electron chi connectivity index (χ1n) is 8.92. The van der Waals surface area contributed by atoms with Crippen LogP contribution in [0.5, 0.6) is 11.5 Å². The van der Waals surface area contributed by atoms with Crippen molar-refractivity contribution in [3.63, 3.8) is 0 Å². The Morgan fingerprint density at radius 1 is 0.963 bits per heavy atom. The summed E-state index contributed by atoms with van der Waals surface area (Å²) in [4.78, 5) is 24.6. The van der Waals surface area contributed by atoms with Crippen LogP contribution in [0.3, 0.4) is 0 Å². The molecule has 0 heterocycles. The number of benzene rings is 2. The van der Waals surface area contributed by atoms with Gasteiger partial charge in [0.15, 0.2) is 17.6 Å². The van der Waals surface area contributed by atoms with Crippen LogP contribution in [0, 0.1) is 6.92 Å². The van der Waals surface area contributed by atoms with Crippen molar-refractivity contribution in [3.05, 3.63) is 53.6 Å². The van der Waals surface area contributed by atoms with Crippen LogP contribution in [0.4, 0.5) is 5.69 Å². The van der Waals surface area contributed by atoms with Gasteiger partial charge in [-0.25, -0.2) is 4.79 Å². The minimum absolute atomic E-state index is 0.289. The van der Waals surface area contributed by atoms with E-state index in [1.165, 1.54) is 6.92 Å². The van der Waals surface area contributed by atoms with Crippen molar-refractivity contribution in [2.75, 3.05) is 18.5 Å². The van der Waals surface area contributed by atoms with Crippen LogP contribution in [-0.2, 0) is 9.53 Å². The lowest BCUT2D eigenvalue weighted by atomic mass is 10.2. The first-order valence-corrected chi connectivity index (χ1v) is 8.92. The summed E-state index contributed by atoms with van der Waals surface area (Å²) in [5.41, 5.74) is 2.03. The number of carbonyl (C=O) groups excluding carboxylic acids is 2. The van der Waals surface area contributed by atoms with Gasteiger partial charge in [-0.2, -0.15) is 0 Å². The van der Waals surface area contributed by atoms with Crippen LogP contribution in [0.25, 0.3) is 0 Å². The molecule has 0 fully saturated rings. The molecule has 1 amide bonds. The van der Waals surface area contributed by atoms with E-state index >= 15 is 0 Å². The van der Waals surface area contributed by atoms with Gasteiger partial charge in [0.2, 0.25) is 0 Å². The highest BCUT2D eigenvalue weighted by atomic mass is 16.5. The number of ether oxygens (including phenoxy) is 3. The number of amides is 1. The van der Waals surface area contributed by atoms with E-state index in [2.05, 4.69) is 5.32 Å². The Morgan fingerprint density at radius 3 is 2.22 bits per heavy atom. The number of nitrogens with one attached hydrogen (secondary N) is 1. The predicted molar refractivity (Wildman–Crippen MR) is 103 cm³/mol. The molecule has 6 heteroatoms. The number of hydrogen-bond donors (Lipinski definition) is 1. The highest BCUT2D eigenvalue weighted by Gasteiger charge is 2.20. The van der Waals surface area contributed by atoms with E-state index in [4.69, 9.17) is 14.2 Å². The molecule has 2 aromatic carbocycles. The van der Waals surface area contributed by atoms with E-state index in [-0.39, 0.29) is 5.56 Å². The van der Waals surface area contributed by atoms with Gasteiger partial charge in [-0.1, -0.05) is 17.7 Å². The molecule has 2 aromatic rings. The Balaban J connectivity index is 2.03. The van der Waals surface area contributed by atoms with E-state index in [9.17, 15) is 9.59 Å². The largest absolute Gasteiger partial charge is 0.490 e. The number of anilines is 1. The third-order valence-electron chi connectivity index (χ3n) is 3.75. The third kappa shape index (κ3) is 5.74. The van der Waals surface area contributed by atoms with Crippen LogP contribution in [0.1, 0.15) is 36.7 Å². The van der Waals surface area contributed by atoms with E-state index in [1.807, 2.05) is 32.9 Å². The van der Waals surface area contributed by atoms with Crippen molar-refractivity contribution in [2.24, 2.45) is 0 Å². The average Bonchev–Trinajstić information content (AvgIpc) is 2.65. The first kappa shape index (κ1) is 20.3. The van der Waals surface area contributed by atoms with Crippen LogP contribution in [-0.4, -0.2) is 31.2 Å². The molecule has 0 saturated heterocycles. The molecule has 1 atom stereocenters. The zero-order valence-corrected chi connectivity index (χ0v) is 16.1. The van der Waals surface area contributed by atoms with Crippen LogP contribution in [0.2, 0.25) is 0 Å². The fourth-order valence-corrected chi connectivity index (χ4v) is 2.34. The zero-order valence-electron chi connectivity index (χ0n) is 16.1. The van der Waals surface area contributed by atoms with Crippen molar-refractivity contribution < 1.29 is 23.8 Å². The van der Waals surface area contributed by atoms with Crippen molar-refractivity contribution in [1.82, 2.24) is 0 Å². The maximum absolute atomic E-state index is 12.4.